The first kappa shape index (κ1) is 12.4. The lowest BCUT2D eigenvalue weighted by atomic mass is 9.95. The molecule has 1 aromatic carbocycles. The fourth-order valence-electron chi connectivity index (χ4n) is 2.34. The highest BCUT2D eigenvalue weighted by Gasteiger charge is 2.40. The molecule has 0 aliphatic carbocycles. The van der Waals surface area contributed by atoms with E-state index in [0.29, 0.717) is 0 Å². The molecule has 0 fully saturated rings. The molecule has 0 bridgehead atoms. The minimum atomic E-state index is 0.104. The zero-order chi connectivity index (χ0) is 12.5. The maximum absolute atomic E-state index is 6.13. The third-order valence-corrected chi connectivity index (χ3v) is 3.89. The Morgan fingerprint density at radius 3 is 2.71 bits per heavy atom. The fraction of sp³-hybridized carbons (Fsp3) is 0.600. The highest BCUT2D eigenvalue weighted by Crippen LogP contribution is 2.41. The van der Waals surface area contributed by atoms with Crippen molar-refractivity contribution in [3.8, 4) is 0 Å². The van der Waals surface area contributed by atoms with Gasteiger partial charge >= 0.3 is 0 Å². The largest absolute Gasteiger partial charge is 0.270 e. The molecule has 2 rings (SSSR count). The summed E-state index contributed by atoms with van der Waals surface area (Å²) in [4.78, 5) is 6.13. The number of hydroxylamine groups is 1. The fourth-order valence-corrected chi connectivity index (χ4v) is 2.34. The van der Waals surface area contributed by atoms with Crippen LogP contribution in [0.15, 0.2) is 24.3 Å². The Bertz CT molecular complexity index is 390. The molecule has 0 spiro atoms. The van der Waals surface area contributed by atoms with Crippen molar-refractivity contribution in [3.63, 3.8) is 0 Å². The van der Waals surface area contributed by atoms with Crippen LogP contribution in [0.4, 0.5) is 5.69 Å². The highest BCUT2D eigenvalue weighted by atomic mass is 16.7. The van der Waals surface area contributed by atoms with Crippen molar-refractivity contribution in [2.75, 3.05) is 5.06 Å². The van der Waals surface area contributed by atoms with Gasteiger partial charge in [-0.15, -0.1) is 0 Å². The Labute approximate surface area is 105 Å². The Morgan fingerprint density at radius 2 is 2.06 bits per heavy atom. The van der Waals surface area contributed by atoms with Gasteiger partial charge in [-0.25, -0.2) is 5.06 Å². The highest BCUT2D eigenvalue weighted by molar-refractivity contribution is 5.59. The third kappa shape index (κ3) is 2.19. The van der Waals surface area contributed by atoms with Crippen LogP contribution in [-0.2, 0) is 11.3 Å². The Morgan fingerprint density at radius 1 is 1.35 bits per heavy atom. The van der Waals surface area contributed by atoms with Crippen molar-refractivity contribution < 1.29 is 4.84 Å². The molecule has 2 atom stereocenters. The van der Waals surface area contributed by atoms with E-state index in [1.54, 1.807) is 0 Å². The summed E-state index contributed by atoms with van der Waals surface area (Å²) in [5.74, 6) is 0. The number of para-hydroxylation sites is 1. The molecular formula is C15H23NO. The summed E-state index contributed by atoms with van der Waals surface area (Å²) in [6, 6.07) is 8.58. The van der Waals surface area contributed by atoms with Crippen LogP contribution in [0.25, 0.3) is 0 Å². The smallest absolute Gasteiger partial charge is 0.0826 e. The first-order chi connectivity index (χ1) is 8.10. The topological polar surface area (TPSA) is 12.5 Å². The average molecular weight is 233 g/mol. The summed E-state index contributed by atoms with van der Waals surface area (Å²) < 4.78 is 0. The van der Waals surface area contributed by atoms with Crippen LogP contribution in [0.3, 0.4) is 0 Å². The van der Waals surface area contributed by atoms with Gasteiger partial charge in [0.2, 0.25) is 0 Å². The van der Waals surface area contributed by atoms with E-state index in [-0.39, 0.29) is 11.6 Å². The predicted molar refractivity (Wildman–Crippen MR) is 72.2 cm³/mol. The SMILES string of the molecule is CCC(C)ON1c2ccccc2CC1(C)CC. The molecule has 2 nitrogen and oxygen atoms in total. The van der Waals surface area contributed by atoms with Crippen LogP contribution in [0.1, 0.15) is 46.1 Å². The van der Waals surface area contributed by atoms with Gasteiger partial charge in [0.15, 0.2) is 0 Å². The standard InChI is InChI=1S/C15H23NO/c1-5-12(3)17-16-14-10-8-7-9-13(14)11-15(16,4)6-2/h7-10,12H,5-6,11H2,1-4H3. The molecule has 1 heterocycles. The number of benzene rings is 1. The quantitative estimate of drug-likeness (QED) is 0.780. The average Bonchev–Trinajstić information content (AvgIpc) is 2.63. The summed E-state index contributed by atoms with van der Waals surface area (Å²) in [5.41, 5.74) is 2.75. The Hall–Kier alpha value is -1.02. The molecule has 1 aromatic rings. The molecule has 0 amide bonds. The molecule has 1 aliphatic heterocycles. The second-order valence-electron chi connectivity index (χ2n) is 5.27. The Kier molecular flexibility index (Phi) is 3.43. The maximum atomic E-state index is 6.13. The molecule has 17 heavy (non-hydrogen) atoms. The van der Waals surface area contributed by atoms with Crippen molar-refractivity contribution in [2.24, 2.45) is 0 Å². The van der Waals surface area contributed by atoms with Gasteiger partial charge in [0.1, 0.15) is 0 Å². The minimum absolute atomic E-state index is 0.104. The molecule has 0 radical (unpaired) electrons. The van der Waals surface area contributed by atoms with Crippen LogP contribution in [0, 0.1) is 0 Å². The van der Waals surface area contributed by atoms with E-state index >= 15 is 0 Å². The molecule has 0 saturated heterocycles. The van der Waals surface area contributed by atoms with E-state index < -0.39 is 0 Å². The molecule has 0 aromatic heterocycles. The molecule has 94 valence electrons. The van der Waals surface area contributed by atoms with Crippen LogP contribution < -0.4 is 5.06 Å². The monoisotopic (exact) mass is 233 g/mol. The molecule has 0 saturated carbocycles. The van der Waals surface area contributed by atoms with E-state index in [2.05, 4.69) is 57.0 Å². The normalized spacial score (nSPS) is 24.8. The molecule has 1 aliphatic rings. The van der Waals surface area contributed by atoms with E-state index in [0.717, 1.165) is 19.3 Å². The summed E-state index contributed by atoms with van der Waals surface area (Å²) in [7, 11) is 0. The summed E-state index contributed by atoms with van der Waals surface area (Å²) in [6.07, 6.45) is 3.49. The third-order valence-electron chi connectivity index (χ3n) is 3.89. The second kappa shape index (κ2) is 4.69. The first-order valence-electron chi connectivity index (χ1n) is 6.65. The zero-order valence-corrected chi connectivity index (χ0v) is 11.4. The lowest BCUT2D eigenvalue weighted by molar-refractivity contribution is 0.00690. The van der Waals surface area contributed by atoms with E-state index in [1.807, 2.05) is 0 Å². The van der Waals surface area contributed by atoms with E-state index in [4.69, 9.17) is 4.84 Å². The number of rotatable bonds is 4. The lowest BCUT2D eigenvalue weighted by Gasteiger charge is -2.37. The van der Waals surface area contributed by atoms with Gasteiger partial charge in [0, 0.05) is 0 Å². The molecule has 2 heteroatoms. The van der Waals surface area contributed by atoms with Crippen molar-refractivity contribution in [1.29, 1.82) is 0 Å². The van der Waals surface area contributed by atoms with Gasteiger partial charge in [-0.3, -0.25) is 4.84 Å². The van der Waals surface area contributed by atoms with Crippen LogP contribution in [-0.4, -0.2) is 11.6 Å². The van der Waals surface area contributed by atoms with E-state index in [9.17, 15) is 0 Å². The van der Waals surface area contributed by atoms with Crippen molar-refractivity contribution in [3.05, 3.63) is 29.8 Å². The maximum Gasteiger partial charge on any atom is 0.0826 e. The van der Waals surface area contributed by atoms with Crippen LogP contribution >= 0.6 is 0 Å². The minimum Gasteiger partial charge on any atom is -0.270 e. The van der Waals surface area contributed by atoms with Gasteiger partial charge in [-0.05, 0) is 44.7 Å². The summed E-state index contributed by atoms with van der Waals surface area (Å²) in [6.45, 7) is 8.82. The number of nitrogens with zero attached hydrogens (tertiary/aromatic N) is 1. The number of fused-ring (bicyclic) bond motifs is 1. The number of hydrogen-bond donors (Lipinski definition) is 0. The number of hydrogen-bond acceptors (Lipinski definition) is 2. The van der Waals surface area contributed by atoms with E-state index in [1.165, 1.54) is 11.3 Å². The molecule has 2 unspecified atom stereocenters. The van der Waals surface area contributed by atoms with Crippen molar-refractivity contribution in [2.45, 2.75) is 58.6 Å². The zero-order valence-electron chi connectivity index (χ0n) is 11.4. The van der Waals surface area contributed by atoms with Crippen LogP contribution in [0.2, 0.25) is 0 Å². The van der Waals surface area contributed by atoms with Crippen molar-refractivity contribution in [1.82, 2.24) is 0 Å². The van der Waals surface area contributed by atoms with Crippen molar-refractivity contribution >= 4 is 5.69 Å². The van der Waals surface area contributed by atoms with Gasteiger partial charge in [-0.2, -0.15) is 0 Å². The van der Waals surface area contributed by atoms with Gasteiger partial charge in [0.05, 0.1) is 17.3 Å². The second-order valence-corrected chi connectivity index (χ2v) is 5.27. The first-order valence-corrected chi connectivity index (χ1v) is 6.65. The summed E-state index contributed by atoms with van der Waals surface area (Å²) in [5, 5.41) is 2.15. The van der Waals surface area contributed by atoms with Crippen LogP contribution in [0.5, 0.6) is 0 Å². The van der Waals surface area contributed by atoms with Gasteiger partial charge in [0.25, 0.3) is 0 Å². The predicted octanol–water partition coefficient (Wildman–Crippen LogP) is 3.95. The number of anilines is 1. The molecule has 0 N–H and O–H groups in total. The Balaban J connectivity index is 2.31. The lowest BCUT2D eigenvalue weighted by Crippen LogP contribution is -2.45. The molecular weight excluding hydrogens is 210 g/mol. The van der Waals surface area contributed by atoms with Gasteiger partial charge < -0.3 is 0 Å². The van der Waals surface area contributed by atoms with Gasteiger partial charge in [-0.1, -0.05) is 32.0 Å². The summed E-state index contributed by atoms with van der Waals surface area (Å²) >= 11 is 0.